The zero-order valence-electron chi connectivity index (χ0n) is 13.3. The van der Waals surface area contributed by atoms with Gasteiger partial charge in [-0.2, -0.15) is 0 Å². The van der Waals surface area contributed by atoms with Gasteiger partial charge in [0, 0.05) is 20.5 Å². The van der Waals surface area contributed by atoms with Crippen molar-refractivity contribution in [1.29, 1.82) is 0 Å². The largest absolute Gasteiger partial charge is 0.253 e. The fourth-order valence-corrected chi connectivity index (χ4v) is 4.68. The maximum atomic E-state index is 12.4. The molecule has 0 saturated carbocycles. The summed E-state index contributed by atoms with van der Waals surface area (Å²) in [5.41, 5.74) is 0. The van der Waals surface area contributed by atoms with Gasteiger partial charge in [0.15, 0.2) is 0 Å². The van der Waals surface area contributed by atoms with Gasteiger partial charge in [-0.25, -0.2) is 0 Å². The lowest BCUT2D eigenvalue weighted by molar-refractivity contribution is 0.480. The molecular weight excluding hydrogens is 424 g/mol. The highest BCUT2D eigenvalue weighted by Crippen LogP contribution is 3.04. The molecule has 0 aliphatic carbocycles. The molecule has 0 saturated heterocycles. The molecule has 3 aromatic rings. The zero-order chi connectivity index (χ0) is 19.2. The molecule has 0 atom stereocenters. The van der Waals surface area contributed by atoms with Crippen LogP contribution in [0.4, 0.5) is 15.5 Å². The van der Waals surface area contributed by atoms with E-state index in [0.717, 1.165) is 12.1 Å². The third-order valence-corrected chi connectivity index (χ3v) is 7.02. The van der Waals surface area contributed by atoms with E-state index < -0.39 is 13.9 Å². The van der Waals surface area contributed by atoms with Crippen LogP contribution in [0.2, 0.25) is 0 Å². The molecule has 0 radical (unpaired) electrons. The second-order valence-electron chi connectivity index (χ2n) is 5.07. The van der Waals surface area contributed by atoms with Crippen molar-refractivity contribution in [3.8, 4) is 0 Å². The van der Waals surface area contributed by atoms with Gasteiger partial charge in [-0.05, 0) is 36.4 Å². The van der Waals surface area contributed by atoms with Crippen LogP contribution in [-0.2, 0) is 0 Å². The maximum absolute atomic E-state index is 12.4. The van der Waals surface area contributed by atoms with Gasteiger partial charge in [-0.3, -0.25) is 0 Å². The van der Waals surface area contributed by atoms with Crippen LogP contribution < -0.4 is 0 Å². The first kappa shape index (κ1) is 21.0. The van der Waals surface area contributed by atoms with Gasteiger partial charge < -0.3 is 0 Å². The normalized spacial score (nSPS) is 13.7. The zero-order valence-corrected chi connectivity index (χ0v) is 16.5. The lowest BCUT2D eigenvalue weighted by Gasteiger charge is -2.42. The molecule has 0 spiro atoms. The van der Waals surface area contributed by atoms with Crippen LogP contribution in [0.1, 0.15) is 0 Å². The monoisotopic (exact) mass is 438 g/mol. The predicted molar refractivity (Wildman–Crippen MR) is 107 cm³/mol. The Morgan fingerprint density at radius 1 is 0.538 bits per heavy atom. The molecule has 3 rings (SSSR count). The third-order valence-electron chi connectivity index (χ3n) is 2.91. The van der Waals surface area contributed by atoms with E-state index in [1.54, 1.807) is 21.6 Å². The smallest absolute Gasteiger partial charge is 0.107 e. The van der Waals surface area contributed by atoms with E-state index >= 15 is 0 Å². The summed E-state index contributed by atoms with van der Waals surface area (Å²) in [6.45, 7) is 0. The van der Waals surface area contributed by atoms with E-state index in [4.69, 9.17) is 0 Å². The van der Waals surface area contributed by atoms with Crippen molar-refractivity contribution in [2.24, 2.45) is 0 Å². The van der Waals surface area contributed by atoms with Crippen molar-refractivity contribution in [2.45, 2.75) is 14.7 Å². The Balaban J connectivity index is 0.000000190. The molecule has 0 aliphatic rings. The molecule has 0 nitrogen and oxygen atoms in total. The van der Waals surface area contributed by atoms with Gasteiger partial charge in [0.1, 0.15) is 0 Å². The topological polar surface area (TPSA) is 0 Å². The van der Waals surface area contributed by atoms with E-state index in [2.05, 4.69) is 59.2 Å². The molecule has 0 N–H and O–H groups in total. The van der Waals surface area contributed by atoms with Gasteiger partial charge in [0.25, 0.3) is 9.05 Å². The summed E-state index contributed by atoms with van der Waals surface area (Å²) >= 11 is 0. The van der Waals surface area contributed by atoms with Gasteiger partial charge in [0.05, 0.1) is 4.90 Å². The lowest BCUT2D eigenvalue weighted by Crippen LogP contribution is -2.03. The Kier molecular flexibility index (Phi) is 6.28. The molecule has 0 bridgehead atoms. The van der Waals surface area contributed by atoms with E-state index in [1.165, 1.54) is 15.9 Å². The number of benzene rings is 3. The Hall–Kier alpha value is -1.28. The third kappa shape index (κ3) is 7.53. The summed E-state index contributed by atoms with van der Waals surface area (Å²) in [5, 5.41) is 0. The second kappa shape index (κ2) is 7.76. The summed E-state index contributed by atoms with van der Waals surface area (Å²) in [4.78, 5) is 1.17. The van der Waals surface area contributed by atoms with Crippen LogP contribution in [0.3, 0.4) is 0 Å². The fourth-order valence-electron chi connectivity index (χ4n) is 1.73. The minimum absolute atomic E-state index is 0.606. The molecule has 0 fully saturated rings. The van der Waals surface area contributed by atoms with Gasteiger partial charge in [-0.15, -0.1) is 15.5 Å². The van der Waals surface area contributed by atoms with Crippen molar-refractivity contribution in [3.05, 3.63) is 91.0 Å². The molecule has 8 heteroatoms. The first-order valence-corrected chi connectivity index (χ1v) is 12.3. The molecule has 0 unspecified atom stereocenters. The van der Waals surface area contributed by atoms with Crippen molar-refractivity contribution in [3.63, 3.8) is 0 Å². The predicted octanol–water partition coefficient (Wildman–Crippen LogP) is 9.10. The Morgan fingerprint density at radius 3 is 1.12 bits per heavy atom. The quantitative estimate of drug-likeness (QED) is 0.294. The van der Waals surface area contributed by atoms with Crippen LogP contribution in [-0.4, -0.2) is 0 Å². The number of halogens is 5. The van der Waals surface area contributed by atoms with E-state index in [9.17, 15) is 15.5 Å². The second-order valence-corrected chi connectivity index (χ2v) is 11.6. The molecule has 0 amide bonds. The molecule has 140 valence electrons. The molecule has 3 aromatic carbocycles. The molecular formula is C18H15ClF4S3. The fraction of sp³-hybridized carbons (Fsp3) is 0. The summed E-state index contributed by atoms with van der Waals surface area (Å²) in [7, 11) is -0.853. The summed E-state index contributed by atoms with van der Waals surface area (Å²) < 4.78 is 49.5. The maximum Gasteiger partial charge on any atom is 0.253 e. The Labute approximate surface area is 162 Å². The van der Waals surface area contributed by atoms with Crippen LogP contribution in [0.25, 0.3) is 0 Å². The Bertz CT molecular complexity index is 772. The van der Waals surface area contributed by atoms with E-state index in [0.29, 0.717) is 12.1 Å². The summed E-state index contributed by atoms with van der Waals surface area (Å²) in [6.07, 6.45) is 0. The Morgan fingerprint density at radius 2 is 0.846 bits per heavy atom. The molecule has 0 heterocycles. The number of rotatable bonds is 4. The van der Waals surface area contributed by atoms with Crippen molar-refractivity contribution in [2.75, 3.05) is 0 Å². The van der Waals surface area contributed by atoms with Gasteiger partial charge in [0.2, 0.25) is 0 Å². The highest BCUT2D eigenvalue weighted by Gasteiger charge is 2.62. The highest BCUT2D eigenvalue weighted by molar-refractivity contribution is 8.76. The lowest BCUT2D eigenvalue weighted by atomic mass is 10.4. The van der Waals surface area contributed by atoms with Crippen LogP contribution in [0, 0.1) is 0 Å². The number of hydrogen-bond donors (Lipinski definition) is 0. The van der Waals surface area contributed by atoms with E-state index in [1.807, 2.05) is 12.1 Å². The average molecular weight is 439 g/mol. The summed E-state index contributed by atoms with van der Waals surface area (Å²) in [6, 6.07) is 25.6. The van der Waals surface area contributed by atoms with Crippen LogP contribution in [0.5, 0.6) is 0 Å². The van der Waals surface area contributed by atoms with Gasteiger partial charge >= 0.3 is 0 Å². The SMILES string of the molecule is FS(F)(F)(F)(Cl)c1ccccc1.c1ccc(SSc2ccccc2)cc1. The first-order chi connectivity index (χ1) is 12.0. The highest BCUT2D eigenvalue weighted by atomic mass is 35.7. The minimum Gasteiger partial charge on any atom is -0.107 e. The molecule has 0 aliphatic heterocycles. The average Bonchev–Trinajstić information content (AvgIpc) is 2.61. The summed E-state index contributed by atoms with van der Waals surface area (Å²) in [5.74, 6) is 0. The molecule has 0 aromatic heterocycles. The van der Waals surface area contributed by atoms with Gasteiger partial charge in [-0.1, -0.05) is 76.2 Å². The van der Waals surface area contributed by atoms with Crippen molar-refractivity contribution < 1.29 is 15.5 Å². The van der Waals surface area contributed by atoms with Crippen LogP contribution in [0.15, 0.2) is 106 Å². The number of hydrogen-bond acceptors (Lipinski definition) is 2. The molecule has 26 heavy (non-hydrogen) atoms. The van der Waals surface area contributed by atoms with Crippen LogP contribution >= 0.6 is 41.3 Å². The van der Waals surface area contributed by atoms with Crippen molar-refractivity contribution in [1.82, 2.24) is 0 Å². The van der Waals surface area contributed by atoms with E-state index in [-0.39, 0.29) is 0 Å². The van der Waals surface area contributed by atoms with Crippen molar-refractivity contribution >= 4 is 41.3 Å². The minimum atomic E-state index is -8.45. The first-order valence-electron chi connectivity index (χ1n) is 7.28. The standard InChI is InChI=1S/C12H10S2.C6H5ClF4S/c1-3-7-11(8-4-1)13-14-12-9-5-2-6-10-12;7-12(8,9,10,11)6-4-2-1-3-5-6/h1-10H;1-5H.